The molecular weight excluding hydrogens is 172 g/mol. The molecule has 0 bridgehead atoms. The van der Waals surface area contributed by atoms with E-state index in [0.29, 0.717) is 6.04 Å². The van der Waals surface area contributed by atoms with Crippen molar-refractivity contribution in [3.63, 3.8) is 0 Å². The number of hydrogen-bond donors (Lipinski definition) is 1. The maximum absolute atomic E-state index is 5.89. The first-order chi connectivity index (χ1) is 6.74. The van der Waals surface area contributed by atoms with Gasteiger partial charge in [-0.25, -0.2) is 0 Å². The van der Waals surface area contributed by atoms with Gasteiger partial charge in [0.2, 0.25) is 0 Å². The molecule has 0 fully saturated rings. The van der Waals surface area contributed by atoms with Crippen LogP contribution in [-0.2, 0) is 0 Å². The van der Waals surface area contributed by atoms with Crippen molar-refractivity contribution in [3.8, 4) is 0 Å². The molecule has 0 aliphatic heterocycles. The number of hydrogen-bond acceptors (Lipinski definition) is 2. The van der Waals surface area contributed by atoms with Crippen molar-refractivity contribution < 1.29 is 0 Å². The Morgan fingerprint density at radius 3 is 1.93 bits per heavy atom. The largest absolute Gasteiger partial charge is 0.329 e. The van der Waals surface area contributed by atoms with Crippen molar-refractivity contribution in [2.24, 2.45) is 11.7 Å². The molecule has 0 radical (unpaired) electrons. The van der Waals surface area contributed by atoms with Crippen LogP contribution < -0.4 is 5.73 Å². The summed E-state index contributed by atoms with van der Waals surface area (Å²) in [7, 11) is 0. The third kappa shape index (κ3) is 3.97. The predicted molar refractivity (Wildman–Crippen MR) is 64.5 cm³/mol. The zero-order valence-corrected chi connectivity index (χ0v) is 10.4. The van der Waals surface area contributed by atoms with Crippen LogP contribution >= 0.6 is 0 Å². The van der Waals surface area contributed by atoms with Gasteiger partial charge in [-0.3, -0.25) is 4.90 Å². The van der Waals surface area contributed by atoms with Crippen molar-refractivity contribution in [3.05, 3.63) is 0 Å². The molecule has 0 aromatic rings. The van der Waals surface area contributed by atoms with Crippen LogP contribution in [0.1, 0.15) is 47.0 Å². The van der Waals surface area contributed by atoms with Crippen LogP contribution in [0.5, 0.6) is 0 Å². The van der Waals surface area contributed by atoms with Gasteiger partial charge in [0.25, 0.3) is 0 Å². The Hall–Kier alpha value is -0.0800. The molecular formula is C12H28N2. The lowest BCUT2D eigenvalue weighted by molar-refractivity contribution is 0.146. The Morgan fingerprint density at radius 1 is 1.07 bits per heavy atom. The van der Waals surface area contributed by atoms with E-state index in [4.69, 9.17) is 5.73 Å². The van der Waals surface area contributed by atoms with Crippen LogP contribution in [-0.4, -0.2) is 30.6 Å². The average Bonchev–Trinajstić information content (AvgIpc) is 2.23. The monoisotopic (exact) mass is 200 g/mol. The lowest BCUT2D eigenvalue weighted by Crippen LogP contribution is -2.45. The second-order valence-corrected chi connectivity index (χ2v) is 4.01. The highest BCUT2D eigenvalue weighted by Crippen LogP contribution is 2.18. The van der Waals surface area contributed by atoms with Crippen LogP contribution in [0.25, 0.3) is 0 Å². The van der Waals surface area contributed by atoms with E-state index in [1.165, 1.54) is 25.8 Å². The van der Waals surface area contributed by atoms with Gasteiger partial charge < -0.3 is 5.73 Å². The SMILES string of the molecule is CCCN(CC)C(CN)C(CC)CC. The Morgan fingerprint density at radius 2 is 1.64 bits per heavy atom. The maximum Gasteiger partial charge on any atom is 0.0246 e. The summed E-state index contributed by atoms with van der Waals surface area (Å²) in [6.45, 7) is 12.2. The summed E-state index contributed by atoms with van der Waals surface area (Å²) in [6, 6.07) is 0.593. The molecule has 86 valence electrons. The Balaban J connectivity index is 4.31. The molecule has 0 spiro atoms. The lowest BCUT2D eigenvalue weighted by Gasteiger charge is -2.35. The van der Waals surface area contributed by atoms with Crippen LogP contribution in [0.2, 0.25) is 0 Å². The van der Waals surface area contributed by atoms with Crippen molar-refractivity contribution in [1.82, 2.24) is 4.90 Å². The van der Waals surface area contributed by atoms with Crippen LogP contribution in [0, 0.1) is 5.92 Å². The van der Waals surface area contributed by atoms with Crippen molar-refractivity contribution in [1.29, 1.82) is 0 Å². The first-order valence-electron chi connectivity index (χ1n) is 6.19. The highest BCUT2D eigenvalue weighted by atomic mass is 15.2. The summed E-state index contributed by atoms with van der Waals surface area (Å²) in [6.07, 6.45) is 3.72. The second kappa shape index (κ2) is 8.25. The molecule has 14 heavy (non-hydrogen) atoms. The first kappa shape index (κ1) is 13.9. The minimum atomic E-state index is 0.593. The summed E-state index contributed by atoms with van der Waals surface area (Å²) in [5, 5.41) is 0. The Bertz CT molecular complexity index is 121. The van der Waals surface area contributed by atoms with Gasteiger partial charge >= 0.3 is 0 Å². The highest BCUT2D eigenvalue weighted by molar-refractivity contribution is 4.78. The summed E-state index contributed by atoms with van der Waals surface area (Å²) in [4.78, 5) is 2.54. The van der Waals surface area contributed by atoms with E-state index in [0.717, 1.165) is 19.0 Å². The third-order valence-corrected chi connectivity index (χ3v) is 3.22. The molecule has 0 amide bonds. The smallest absolute Gasteiger partial charge is 0.0246 e. The number of rotatable bonds is 8. The van der Waals surface area contributed by atoms with E-state index in [1.807, 2.05) is 0 Å². The minimum Gasteiger partial charge on any atom is -0.329 e. The van der Waals surface area contributed by atoms with Crippen molar-refractivity contribution >= 4 is 0 Å². The molecule has 1 unspecified atom stereocenters. The zero-order chi connectivity index (χ0) is 11.0. The van der Waals surface area contributed by atoms with E-state index in [-0.39, 0.29) is 0 Å². The average molecular weight is 200 g/mol. The predicted octanol–water partition coefficient (Wildman–Crippen LogP) is 2.48. The minimum absolute atomic E-state index is 0.593. The quantitative estimate of drug-likeness (QED) is 0.652. The fourth-order valence-corrected chi connectivity index (χ4v) is 2.32. The molecule has 0 aromatic heterocycles. The second-order valence-electron chi connectivity index (χ2n) is 4.01. The molecule has 0 aromatic carbocycles. The standard InChI is InChI=1S/C12H28N2/c1-5-9-14(8-4)12(10-13)11(6-2)7-3/h11-12H,5-10,13H2,1-4H3. The third-order valence-electron chi connectivity index (χ3n) is 3.22. The van der Waals surface area contributed by atoms with Gasteiger partial charge in [-0.15, -0.1) is 0 Å². The van der Waals surface area contributed by atoms with Crippen molar-refractivity contribution in [2.75, 3.05) is 19.6 Å². The zero-order valence-electron chi connectivity index (χ0n) is 10.4. The van der Waals surface area contributed by atoms with E-state index in [9.17, 15) is 0 Å². The fraction of sp³-hybridized carbons (Fsp3) is 1.00. The molecule has 0 saturated carbocycles. The summed E-state index contributed by atoms with van der Waals surface area (Å²) >= 11 is 0. The van der Waals surface area contributed by atoms with E-state index >= 15 is 0 Å². The van der Waals surface area contributed by atoms with Crippen LogP contribution in [0.3, 0.4) is 0 Å². The molecule has 2 heteroatoms. The van der Waals surface area contributed by atoms with Crippen LogP contribution in [0.4, 0.5) is 0 Å². The maximum atomic E-state index is 5.89. The summed E-state index contributed by atoms with van der Waals surface area (Å²) < 4.78 is 0. The number of likely N-dealkylation sites (N-methyl/N-ethyl adjacent to an activating group) is 1. The fourth-order valence-electron chi connectivity index (χ4n) is 2.32. The van der Waals surface area contributed by atoms with E-state index < -0.39 is 0 Å². The summed E-state index contributed by atoms with van der Waals surface area (Å²) in [5.41, 5.74) is 5.89. The van der Waals surface area contributed by atoms with Gasteiger partial charge in [-0.2, -0.15) is 0 Å². The Labute approximate surface area is 89.9 Å². The molecule has 2 N–H and O–H groups in total. The highest BCUT2D eigenvalue weighted by Gasteiger charge is 2.21. The molecule has 2 nitrogen and oxygen atoms in total. The molecule has 0 saturated heterocycles. The van der Waals surface area contributed by atoms with E-state index in [1.54, 1.807) is 0 Å². The van der Waals surface area contributed by atoms with Gasteiger partial charge in [-0.05, 0) is 25.4 Å². The molecule has 0 heterocycles. The van der Waals surface area contributed by atoms with Gasteiger partial charge in [0, 0.05) is 12.6 Å². The molecule has 1 atom stereocenters. The molecule has 0 aliphatic carbocycles. The van der Waals surface area contributed by atoms with Crippen molar-refractivity contribution in [2.45, 2.75) is 53.0 Å². The van der Waals surface area contributed by atoms with Gasteiger partial charge in [0.05, 0.1) is 0 Å². The topological polar surface area (TPSA) is 29.3 Å². The van der Waals surface area contributed by atoms with E-state index in [2.05, 4.69) is 32.6 Å². The number of nitrogens with two attached hydrogens (primary N) is 1. The first-order valence-corrected chi connectivity index (χ1v) is 6.19. The normalized spacial score (nSPS) is 13.9. The molecule has 0 rings (SSSR count). The van der Waals surface area contributed by atoms with Gasteiger partial charge in [-0.1, -0.05) is 40.5 Å². The van der Waals surface area contributed by atoms with Crippen LogP contribution in [0.15, 0.2) is 0 Å². The van der Waals surface area contributed by atoms with Gasteiger partial charge in [0.15, 0.2) is 0 Å². The number of nitrogens with zero attached hydrogens (tertiary/aromatic N) is 1. The molecule has 0 aliphatic rings. The summed E-state index contributed by atoms with van der Waals surface area (Å²) in [5.74, 6) is 0.770. The Kier molecular flexibility index (Phi) is 8.20. The lowest BCUT2D eigenvalue weighted by atomic mass is 9.92. The van der Waals surface area contributed by atoms with Gasteiger partial charge in [0.1, 0.15) is 0 Å².